The average Bonchev–Trinajstić information content (AvgIpc) is 2.40. The van der Waals surface area contributed by atoms with Gasteiger partial charge in [-0.25, -0.2) is 0 Å². The Morgan fingerprint density at radius 2 is 1.76 bits per heavy atom. The van der Waals surface area contributed by atoms with Crippen molar-refractivity contribution in [3.05, 3.63) is 0 Å². The SMILES string of the molecule is NCCN(CC1CCCCO1)C1CCCCC1. The lowest BCUT2D eigenvalue weighted by Crippen LogP contribution is -2.45. The number of hydrogen-bond donors (Lipinski definition) is 1. The molecule has 1 saturated carbocycles. The standard InChI is InChI=1S/C14H28N2O/c15-9-10-16(13-6-2-1-3-7-13)12-14-8-4-5-11-17-14/h13-14H,1-12,15H2. The van der Waals surface area contributed by atoms with Gasteiger partial charge in [-0.15, -0.1) is 0 Å². The Balaban J connectivity index is 1.81. The summed E-state index contributed by atoms with van der Waals surface area (Å²) in [5, 5.41) is 0. The Hall–Kier alpha value is -0.120. The maximum Gasteiger partial charge on any atom is 0.0702 e. The van der Waals surface area contributed by atoms with Crippen molar-refractivity contribution in [3.8, 4) is 0 Å². The van der Waals surface area contributed by atoms with Crippen LogP contribution < -0.4 is 5.73 Å². The highest BCUT2D eigenvalue weighted by atomic mass is 16.5. The summed E-state index contributed by atoms with van der Waals surface area (Å²) in [6, 6.07) is 0.776. The highest BCUT2D eigenvalue weighted by Gasteiger charge is 2.24. The fourth-order valence-electron chi connectivity index (χ4n) is 3.25. The van der Waals surface area contributed by atoms with Crippen LogP contribution in [-0.4, -0.2) is 43.3 Å². The van der Waals surface area contributed by atoms with Crippen molar-refractivity contribution in [2.75, 3.05) is 26.2 Å². The summed E-state index contributed by atoms with van der Waals surface area (Å²) in [6.45, 7) is 3.90. The van der Waals surface area contributed by atoms with Gasteiger partial charge in [0.1, 0.15) is 0 Å². The Morgan fingerprint density at radius 1 is 1.00 bits per heavy atom. The van der Waals surface area contributed by atoms with E-state index in [2.05, 4.69) is 4.90 Å². The first-order valence-corrected chi connectivity index (χ1v) is 7.46. The zero-order valence-electron chi connectivity index (χ0n) is 11.1. The second kappa shape index (κ2) is 7.34. The zero-order chi connectivity index (χ0) is 11.9. The summed E-state index contributed by atoms with van der Waals surface area (Å²) in [4.78, 5) is 2.61. The third-order valence-corrected chi connectivity index (χ3v) is 4.22. The Morgan fingerprint density at radius 3 is 2.41 bits per heavy atom. The van der Waals surface area contributed by atoms with Crippen LogP contribution in [0.1, 0.15) is 51.4 Å². The van der Waals surface area contributed by atoms with E-state index in [0.717, 1.165) is 32.3 Å². The molecule has 100 valence electrons. The molecule has 0 amide bonds. The van der Waals surface area contributed by atoms with E-state index >= 15 is 0 Å². The molecule has 0 aromatic rings. The smallest absolute Gasteiger partial charge is 0.0702 e. The van der Waals surface area contributed by atoms with E-state index in [4.69, 9.17) is 10.5 Å². The number of rotatable bonds is 5. The zero-order valence-corrected chi connectivity index (χ0v) is 11.1. The molecule has 0 aromatic carbocycles. The minimum atomic E-state index is 0.470. The molecule has 0 spiro atoms. The molecule has 2 aliphatic rings. The topological polar surface area (TPSA) is 38.5 Å². The minimum Gasteiger partial charge on any atom is -0.377 e. The lowest BCUT2D eigenvalue weighted by Gasteiger charge is -2.37. The van der Waals surface area contributed by atoms with Crippen LogP contribution in [-0.2, 0) is 4.74 Å². The van der Waals surface area contributed by atoms with Gasteiger partial charge in [0.25, 0.3) is 0 Å². The van der Waals surface area contributed by atoms with Crippen molar-refractivity contribution >= 4 is 0 Å². The maximum atomic E-state index is 5.86. The van der Waals surface area contributed by atoms with E-state index in [1.165, 1.54) is 51.4 Å². The molecule has 1 saturated heterocycles. The summed E-state index contributed by atoms with van der Waals surface area (Å²) >= 11 is 0. The van der Waals surface area contributed by atoms with Gasteiger partial charge in [0.05, 0.1) is 6.10 Å². The summed E-state index contributed by atoms with van der Waals surface area (Å²) in [7, 11) is 0. The van der Waals surface area contributed by atoms with Gasteiger partial charge in [-0.3, -0.25) is 4.90 Å². The van der Waals surface area contributed by atoms with Gasteiger partial charge in [-0.05, 0) is 32.1 Å². The van der Waals surface area contributed by atoms with Crippen LogP contribution in [0.4, 0.5) is 0 Å². The molecule has 1 unspecified atom stereocenters. The molecule has 1 aliphatic carbocycles. The third kappa shape index (κ3) is 4.23. The van der Waals surface area contributed by atoms with Crippen LogP contribution in [0, 0.1) is 0 Å². The van der Waals surface area contributed by atoms with Crippen LogP contribution in [0.5, 0.6) is 0 Å². The quantitative estimate of drug-likeness (QED) is 0.800. The fraction of sp³-hybridized carbons (Fsp3) is 1.00. The highest BCUT2D eigenvalue weighted by Crippen LogP contribution is 2.24. The van der Waals surface area contributed by atoms with Crippen molar-refractivity contribution in [2.24, 2.45) is 5.73 Å². The number of hydrogen-bond acceptors (Lipinski definition) is 3. The monoisotopic (exact) mass is 240 g/mol. The minimum absolute atomic E-state index is 0.470. The maximum absolute atomic E-state index is 5.86. The van der Waals surface area contributed by atoms with Crippen LogP contribution in [0.15, 0.2) is 0 Å². The Kier molecular flexibility index (Phi) is 5.75. The molecule has 2 fully saturated rings. The van der Waals surface area contributed by atoms with Crippen LogP contribution in [0.3, 0.4) is 0 Å². The summed E-state index contributed by atoms with van der Waals surface area (Å²) < 4.78 is 5.86. The molecule has 2 N–H and O–H groups in total. The van der Waals surface area contributed by atoms with E-state index < -0.39 is 0 Å². The molecule has 2 rings (SSSR count). The normalized spacial score (nSPS) is 27.5. The lowest BCUT2D eigenvalue weighted by molar-refractivity contribution is -0.0164. The van der Waals surface area contributed by atoms with Gasteiger partial charge in [0.15, 0.2) is 0 Å². The first kappa shape index (κ1) is 13.3. The largest absolute Gasteiger partial charge is 0.377 e. The van der Waals surface area contributed by atoms with Crippen molar-refractivity contribution in [2.45, 2.75) is 63.5 Å². The van der Waals surface area contributed by atoms with E-state index in [1.807, 2.05) is 0 Å². The molecule has 1 atom stereocenters. The number of ether oxygens (including phenoxy) is 1. The molecular weight excluding hydrogens is 212 g/mol. The van der Waals surface area contributed by atoms with Gasteiger partial charge < -0.3 is 10.5 Å². The molecule has 3 heteroatoms. The van der Waals surface area contributed by atoms with Crippen molar-refractivity contribution in [3.63, 3.8) is 0 Å². The number of nitrogens with two attached hydrogens (primary N) is 1. The van der Waals surface area contributed by atoms with Gasteiger partial charge in [0, 0.05) is 32.3 Å². The third-order valence-electron chi connectivity index (χ3n) is 4.22. The first-order valence-electron chi connectivity index (χ1n) is 7.46. The second-order valence-electron chi connectivity index (χ2n) is 5.56. The molecule has 0 bridgehead atoms. The Labute approximate surface area is 106 Å². The van der Waals surface area contributed by atoms with Crippen molar-refractivity contribution in [1.29, 1.82) is 0 Å². The predicted molar refractivity (Wildman–Crippen MR) is 71.1 cm³/mol. The first-order chi connectivity index (χ1) is 8.40. The molecule has 0 aromatic heterocycles. The molecule has 3 nitrogen and oxygen atoms in total. The van der Waals surface area contributed by atoms with Crippen LogP contribution in [0.2, 0.25) is 0 Å². The van der Waals surface area contributed by atoms with Gasteiger partial charge >= 0.3 is 0 Å². The van der Waals surface area contributed by atoms with Crippen molar-refractivity contribution < 1.29 is 4.74 Å². The molecule has 1 aliphatic heterocycles. The second-order valence-corrected chi connectivity index (χ2v) is 5.56. The van der Waals surface area contributed by atoms with E-state index in [9.17, 15) is 0 Å². The fourth-order valence-corrected chi connectivity index (χ4v) is 3.25. The molecule has 17 heavy (non-hydrogen) atoms. The van der Waals surface area contributed by atoms with E-state index in [0.29, 0.717) is 6.10 Å². The summed E-state index contributed by atoms with van der Waals surface area (Å²) in [5.41, 5.74) is 5.76. The molecular formula is C14H28N2O. The predicted octanol–water partition coefficient (Wildman–Crippen LogP) is 2.15. The van der Waals surface area contributed by atoms with Crippen molar-refractivity contribution in [1.82, 2.24) is 4.90 Å². The molecule has 0 radical (unpaired) electrons. The Bertz CT molecular complexity index is 198. The summed E-state index contributed by atoms with van der Waals surface area (Å²) in [6.07, 6.45) is 11.3. The van der Waals surface area contributed by atoms with Crippen LogP contribution in [0.25, 0.3) is 0 Å². The van der Waals surface area contributed by atoms with Crippen LogP contribution >= 0.6 is 0 Å². The number of nitrogens with zero attached hydrogens (tertiary/aromatic N) is 1. The van der Waals surface area contributed by atoms with Gasteiger partial charge in [-0.2, -0.15) is 0 Å². The van der Waals surface area contributed by atoms with E-state index in [1.54, 1.807) is 0 Å². The van der Waals surface area contributed by atoms with Gasteiger partial charge in [-0.1, -0.05) is 19.3 Å². The summed E-state index contributed by atoms with van der Waals surface area (Å²) in [5.74, 6) is 0. The van der Waals surface area contributed by atoms with E-state index in [-0.39, 0.29) is 0 Å². The highest BCUT2D eigenvalue weighted by molar-refractivity contribution is 4.79. The molecule has 1 heterocycles. The average molecular weight is 240 g/mol. The lowest BCUT2D eigenvalue weighted by atomic mass is 9.93. The van der Waals surface area contributed by atoms with Gasteiger partial charge in [0.2, 0.25) is 0 Å².